The maximum absolute atomic E-state index is 10.4. The van der Waals surface area contributed by atoms with E-state index in [9.17, 15) is 9.59 Å². The van der Waals surface area contributed by atoms with Crippen molar-refractivity contribution in [3.05, 3.63) is 21.9 Å². The summed E-state index contributed by atoms with van der Waals surface area (Å²) in [5.41, 5.74) is 0.705. The molecule has 12 heavy (non-hydrogen) atoms. The highest BCUT2D eigenvalue weighted by Crippen LogP contribution is 2.12. The molecule has 0 amide bonds. The minimum Gasteiger partial charge on any atom is -0.302 e. The van der Waals surface area contributed by atoms with E-state index in [0.717, 1.165) is 12.6 Å². The topological polar surface area (TPSA) is 34.1 Å². The molecule has 0 aliphatic rings. The third-order valence-electron chi connectivity index (χ3n) is 1.21. The quantitative estimate of drug-likeness (QED) is 0.508. The van der Waals surface area contributed by atoms with Crippen molar-refractivity contribution >= 4 is 23.9 Å². The molecule has 0 saturated heterocycles. The summed E-state index contributed by atoms with van der Waals surface area (Å²) in [6, 6.07) is 1.77. The van der Waals surface area contributed by atoms with E-state index >= 15 is 0 Å². The molecule has 1 heterocycles. The standard InChI is InChI=1S/C9H6O2S/c10-5-2-1-3-8-4-6-12-9(8)7-11/h4-7H,2H2. The van der Waals surface area contributed by atoms with Crippen molar-refractivity contribution in [2.24, 2.45) is 0 Å². The minimum absolute atomic E-state index is 0.216. The summed E-state index contributed by atoms with van der Waals surface area (Å²) >= 11 is 1.35. The zero-order valence-electron chi connectivity index (χ0n) is 6.24. The van der Waals surface area contributed by atoms with Gasteiger partial charge in [-0.05, 0) is 11.4 Å². The van der Waals surface area contributed by atoms with Crippen LogP contribution in [0, 0.1) is 11.8 Å². The summed E-state index contributed by atoms with van der Waals surface area (Å²) in [7, 11) is 0. The third kappa shape index (κ3) is 2.04. The van der Waals surface area contributed by atoms with Gasteiger partial charge in [0.05, 0.1) is 11.3 Å². The van der Waals surface area contributed by atoms with E-state index in [1.54, 1.807) is 11.4 Å². The van der Waals surface area contributed by atoms with E-state index < -0.39 is 0 Å². The van der Waals surface area contributed by atoms with Gasteiger partial charge < -0.3 is 4.79 Å². The first kappa shape index (κ1) is 8.69. The average Bonchev–Trinajstić information content (AvgIpc) is 2.52. The Hall–Kier alpha value is -1.40. The van der Waals surface area contributed by atoms with Crippen molar-refractivity contribution in [3.63, 3.8) is 0 Å². The van der Waals surface area contributed by atoms with Crippen LogP contribution in [0.5, 0.6) is 0 Å². The van der Waals surface area contributed by atoms with Gasteiger partial charge in [-0.3, -0.25) is 4.79 Å². The lowest BCUT2D eigenvalue weighted by atomic mass is 10.2. The Bertz CT molecular complexity index is 341. The van der Waals surface area contributed by atoms with Gasteiger partial charge in [-0.1, -0.05) is 11.8 Å². The largest absolute Gasteiger partial charge is 0.302 e. The molecule has 0 radical (unpaired) electrons. The Labute approximate surface area is 74.2 Å². The predicted octanol–water partition coefficient (Wildman–Crippen LogP) is 1.50. The molecular formula is C9H6O2S. The maximum atomic E-state index is 10.4. The highest BCUT2D eigenvalue weighted by atomic mass is 32.1. The molecule has 1 aromatic heterocycles. The molecule has 1 rings (SSSR count). The zero-order chi connectivity index (χ0) is 8.81. The molecule has 0 spiro atoms. The number of carbonyl (C=O) groups is 2. The first-order chi connectivity index (χ1) is 5.88. The number of rotatable bonds is 2. The molecule has 0 aromatic carbocycles. The van der Waals surface area contributed by atoms with E-state index in [-0.39, 0.29) is 6.42 Å². The van der Waals surface area contributed by atoms with Crippen LogP contribution in [0.2, 0.25) is 0 Å². The van der Waals surface area contributed by atoms with Gasteiger partial charge >= 0.3 is 0 Å². The molecule has 0 fully saturated rings. The van der Waals surface area contributed by atoms with Crippen LogP contribution in [-0.4, -0.2) is 12.6 Å². The summed E-state index contributed by atoms with van der Waals surface area (Å²) < 4.78 is 0. The normalized spacial score (nSPS) is 8.33. The van der Waals surface area contributed by atoms with Gasteiger partial charge in [0.25, 0.3) is 0 Å². The number of thiophene rings is 1. The fourth-order valence-electron chi connectivity index (χ4n) is 0.703. The van der Waals surface area contributed by atoms with Crippen LogP contribution < -0.4 is 0 Å². The van der Waals surface area contributed by atoms with E-state index in [1.807, 2.05) is 0 Å². The predicted molar refractivity (Wildman–Crippen MR) is 47.3 cm³/mol. The van der Waals surface area contributed by atoms with Crippen LogP contribution >= 0.6 is 11.3 Å². The Morgan fingerprint density at radius 2 is 2.33 bits per heavy atom. The van der Waals surface area contributed by atoms with Crippen LogP contribution in [0.15, 0.2) is 11.4 Å². The van der Waals surface area contributed by atoms with Crippen LogP contribution in [0.4, 0.5) is 0 Å². The molecule has 1 aromatic rings. The molecule has 0 saturated carbocycles. The van der Waals surface area contributed by atoms with Crippen LogP contribution in [-0.2, 0) is 4.79 Å². The summed E-state index contributed by atoms with van der Waals surface area (Å²) in [4.78, 5) is 20.9. The number of hydrogen-bond acceptors (Lipinski definition) is 3. The van der Waals surface area contributed by atoms with E-state index in [0.29, 0.717) is 10.4 Å². The van der Waals surface area contributed by atoms with E-state index in [1.165, 1.54) is 11.3 Å². The average molecular weight is 178 g/mol. The van der Waals surface area contributed by atoms with Gasteiger partial charge in [-0.25, -0.2) is 0 Å². The van der Waals surface area contributed by atoms with Crippen LogP contribution in [0.1, 0.15) is 21.7 Å². The van der Waals surface area contributed by atoms with Crippen LogP contribution in [0.25, 0.3) is 0 Å². The summed E-state index contributed by atoms with van der Waals surface area (Å²) in [6.07, 6.45) is 1.73. The van der Waals surface area contributed by atoms with E-state index in [2.05, 4.69) is 11.8 Å². The van der Waals surface area contributed by atoms with E-state index in [4.69, 9.17) is 0 Å². The van der Waals surface area contributed by atoms with Gasteiger partial charge in [-0.15, -0.1) is 11.3 Å². The lowest BCUT2D eigenvalue weighted by Gasteiger charge is -1.81. The first-order valence-electron chi connectivity index (χ1n) is 3.33. The monoisotopic (exact) mass is 178 g/mol. The number of hydrogen-bond donors (Lipinski definition) is 0. The second-order valence-corrected chi connectivity index (χ2v) is 2.94. The molecule has 2 nitrogen and oxygen atoms in total. The summed E-state index contributed by atoms with van der Waals surface area (Å²) in [5.74, 6) is 5.38. The van der Waals surface area contributed by atoms with Crippen molar-refractivity contribution in [2.75, 3.05) is 0 Å². The molecule has 60 valence electrons. The van der Waals surface area contributed by atoms with Gasteiger partial charge in [0.1, 0.15) is 6.29 Å². The van der Waals surface area contributed by atoms with Crippen molar-refractivity contribution in [2.45, 2.75) is 6.42 Å². The van der Waals surface area contributed by atoms with Crippen molar-refractivity contribution in [1.82, 2.24) is 0 Å². The second kappa shape index (κ2) is 4.47. The maximum Gasteiger partial charge on any atom is 0.161 e. The van der Waals surface area contributed by atoms with Crippen molar-refractivity contribution < 1.29 is 9.59 Å². The van der Waals surface area contributed by atoms with Gasteiger partial charge in [0.15, 0.2) is 6.29 Å². The smallest absolute Gasteiger partial charge is 0.161 e. The molecule has 0 aliphatic heterocycles. The van der Waals surface area contributed by atoms with Crippen LogP contribution in [0.3, 0.4) is 0 Å². The summed E-state index contributed by atoms with van der Waals surface area (Å²) in [6.45, 7) is 0. The molecule has 0 aliphatic carbocycles. The Morgan fingerprint density at radius 1 is 1.50 bits per heavy atom. The second-order valence-electron chi connectivity index (χ2n) is 1.99. The van der Waals surface area contributed by atoms with Crippen molar-refractivity contribution in [3.8, 4) is 11.8 Å². The zero-order valence-corrected chi connectivity index (χ0v) is 7.06. The molecule has 0 N–H and O–H groups in total. The molecule has 3 heteroatoms. The van der Waals surface area contributed by atoms with Gasteiger partial charge in [0, 0.05) is 5.56 Å². The molecule has 0 bridgehead atoms. The Morgan fingerprint density at radius 3 is 3.00 bits per heavy atom. The lowest BCUT2D eigenvalue weighted by Crippen LogP contribution is -1.77. The first-order valence-corrected chi connectivity index (χ1v) is 4.21. The fourth-order valence-corrected chi connectivity index (χ4v) is 1.36. The Kier molecular flexibility index (Phi) is 3.24. The number of aldehydes is 2. The minimum atomic E-state index is 0.216. The van der Waals surface area contributed by atoms with Gasteiger partial charge in [-0.2, -0.15) is 0 Å². The highest BCUT2D eigenvalue weighted by molar-refractivity contribution is 7.11. The lowest BCUT2D eigenvalue weighted by molar-refractivity contribution is -0.107. The SMILES string of the molecule is O=CCC#Cc1ccsc1C=O. The van der Waals surface area contributed by atoms with Gasteiger partial charge in [0.2, 0.25) is 0 Å². The molecular weight excluding hydrogens is 172 g/mol. The molecule has 0 unspecified atom stereocenters. The highest BCUT2D eigenvalue weighted by Gasteiger charge is 1.97. The fraction of sp³-hybridized carbons (Fsp3) is 0.111. The molecule has 0 atom stereocenters. The Balaban J connectivity index is 2.82. The van der Waals surface area contributed by atoms with Crippen molar-refractivity contribution in [1.29, 1.82) is 0 Å². The summed E-state index contributed by atoms with van der Waals surface area (Å²) in [5, 5.41) is 1.80. The third-order valence-corrected chi connectivity index (χ3v) is 2.05. The number of carbonyl (C=O) groups excluding carboxylic acids is 2.